The van der Waals surface area contributed by atoms with Crippen molar-refractivity contribution < 1.29 is 8.42 Å². The number of rotatable bonds is 4. The Morgan fingerprint density at radius 2 is 1.80 bits per heavy atom. The molecule has 0 amide bonds. The average Bonchev–Trinajstić information content (AvgIpc) is 3.22. The molecular formula is C23H26N4O2S. The van der Waals surface area contributed by atoms with Crippen molar-refractivity contribution in [3.05, 3.63) is 65.9 Å². The minimum atomic E-state index is -3.56. The molecule has 1 saturated carbocycles. The summed E-state index contributed by atoms with van der Waals surface area (Å²) in [6.07, 6.45) is 6.92. The summed E-state index contributed by atoms with van der Waals surface area (Å²) in [5.74, 6) is 0.309. The second kappa shape index (κ2) is 7.72. The maximum atomic E-state index is 13.0. The van der Waals surface area contributed by atoms with Crippen molar-refractivity contribution in [3.63, 3.8) is 0 Å². The predicted octanol–water partition coefficient (Wildman–Crippen LogP) is 3.50. The Hall–Kier alpha value is -2.35. The van der Waals surface area contributed by atoms with Crippen molar-refractivity contribution in [2.75, 3.05) is 6.54 Å². The zero-order chi connectivity index (χ0) is 20.6. The molecule has 2 aliphatic rings. The molecule has 30 heavy (non-hydrogen) atoms. The highest BCUT2D eigenvalue weighted by Gasteiger charge is 2.38. The van der Waals surface area contributed by atoms with Gasteiger partial charge in [-0.3, -0.25) is 15.8 Å². The first-order chi connectivity index (χ1) is 14.5. The third-order valence-corrected chi connectivity index (χ3v) is 8.11. The van der Waals surface area contributed by atoms with E-state index in [1.165, 1.54) is 6.20 Å². The Kier molecular flexibility index (Phi) is 5.05. The van der Waals surface area contributed by atoms with Crippen molar-refractivity contribution in [3.8, 4) is 0 Å². The lowest BCUT2D eigenvalue weighted by Crippen LogP contribution is -2.46. The van der Waals surface area contributed by atoms with Gasteiger partial charge in [0.05, 0.1) is 23.0 Å². The average molecular weight is 423 g/mol. The number of benzene rings is 2. The summed E-state index contributed by atoms with van der Waals surface area (Å²) in [5, 5.41) is 0.0558. The van der Waals surface area contributed by atoms with Gasteiger partial charge in [-0.2, -0.15) is 0 Å². The number of fused-ring (bicyclic) bond motifs is 1. The normalized spacial score (nSPS) is 24.5. The van der Waals surface area contributed by atoms with Crippen LogP contribution in [-0.4, -0.2) is 30.5 Å². The van der Waals surface area contributed by atoms with Gasteiger partial charge in [0.2, 0.25) is 9.84 Å². The minimum Gasteiger partial charge on any atom is -0.257 e. The van der Waals surface area contributed by atoms with Gasteiger partial charge in [0.25, 0.3) is 0 Å². The molecule has 5 rings (SSSR count). The first-order valence-electron chi connectivity index (χ1n) is 10.6. The molecule has 1 aliphatic carbocycles. The predicted molar refractivity (Wildman–Crippen MR) is 117 cm³/mol. The molecule has 2 heterocycles. The van der Waals surface area contributed by atoms with Crippen LogP contribution in [0.1, 0.15) is 49.1 Å². The molecule has 7 heteroatoms. The Morgan fingerprint density at radius 3 is 2.53 bits per heavy atom. The molecule has 3 aromatic rings. The van der Waals surface area contributed by atoms with E-state index in [-0.39, 0.29) is 16.3 Å². The first-order valence-corrected chi connectivity index (χ1v) is 12.2. The van der Waals surface area contributed by atoms with E-state index in [0.717, 1.165) is 60.8 Å². The van der Waals surface area contributed by atoms with Gasteiger partial charge in [0.1, 0.15) is 0 Å². The molecule has 0 unspecified atom stereocenters. The van der Waals surface area contributed by atoms with Crippen LogP contribution in [0.4, 0.5) is 0 Å². The van der Waals surface area contributed by atoms with Crippen LogP contribution in [0.15, 0.2) is 59.8 Å². The van der Waals surface area contributed by atoms with E-state index in [0.29, 0.717) is 5.92 Å². The summed E-state index contributed by atoms with van der Waals surface area (Å²) in [6.45, 7) is 1.02. The van der Waals surface area contributed by atoms with E-state index in [4.69, 9.17) is 0 Å². The van der Waals surface area contributed by atoms with Crippen molar-refractivity contribution >= 4 is 20.9 Å². The highest BCUT2D eigenvalue weighted by molar-refractivity contribution is 7.90. The molecule has 0 atom stereocenters. The van der Waals surface area contributed by atoms with Crippen LogP contribution in [-0.2, 0) is 15.6 Å². The SMILES string of the molecule is O=S(=O)(Cc1ccccc1)c1cnc2cccc(C3CCC4(CCNN4)CC3)c2n1. The number of nitrogens with zero attached hydrogens (tertiary/aromatic N) is 2. The second-order valence-corrected chi connectivity index (χ2v) is 10.5. The lowest BCUT2D eigenvalue weighted by atomic mass is 9.73. The summed E-state index contributed by atoms with van der Waals surface area (Å²) in [5.41, 5.74) is 10.3. The second-order valence-electron chi connectivity index (χ2n) is 8.52. The van der Waals surface area contributed by atoms with Gasteiger partial charge in [-0.1, -0.05) is 42.5 Å². The number of nitrogens with one attached hydrogen (secondary N) is 2. The van der Waals surface area contributed by atoms with E-state index >= 15 is 0 Å². The number of para-hydroxylation sites is 1. The zero-order valence-electron chi connectivity index (χ0n) is 16.8. The fraction of sp³-hybridized carbons (Fsp3) is 0.391. The van der Waals surface area contributed by atoms with E-state index in [1.807, 2.05) is 42.5 Å². The molecule has 1 aromatic heterocycles. The zero-order valence-corrected chi connectivity index (χ0v) is 17.7. The largest absolute Gasteiger partial charge is 0.257 e. The number of hydrogen-bond acceptors (Lipinski definition) is 6. The quantitative estimate of drug-likeness (QED) is 0.670. The highest BCUT2D eigenvalue weighted by Crippen LogP contribution is 2.41. The molecule has 6 nitrogen and oxygen atoms in total. The molecular weight excluding hydrogens is 396 g/mol. The molecule has 0 radical (unpaired) electrons. The smallest absolute Gasteiger partial charge is 0.201 e. The molecule has 156 valence electrons. The summed E-state index contributed by atoms with van der Waals surface area (Å²) < 4.78 is 26.0. The van der Waals surface area contributed by atoms with Crippen LogP contribution in [0.5, 0.6) is 0 Å². The highest BCUT2D eigenvalue weighted by atomic mass is 32.2. The molecule has 2 fully saturated rings. The fourth-order valence-electron chi connectivity index (χ4n) is 4.86. The Bertz CT molecular complexity index is 1150. The standard InChI is InChI=1S/C23H26N4O2S/c28-30(29,16-17-5-2-1-3-6-17)21-15-24-20-8-4-7-19(22(20)26-21)18-9-11-23(12-10-18)13-14-25-27-23/h1-8,15,18,25,27H,9-14,16H2. The van der Waals surface area contributed by atoms with Gasteiger partial charge in [0, 0.05) is 12.1 Å². The number of hydrogen-bond donors (Lipinski definition) is 2. The summed E-state index contributed by atoms with van der Waals surface area (Å²) in [4.78, 5) is 9.08. The first kappa shape index (κ1) is 19.6. The van der Waals surface area contributed by atoms with Crippen LogP contribution in [0, 0.1) is 0 Å². The third kappa shape index (κ3) is 3.73. The van der Waals surface area contributed by atoms with Gasteiger partial charge >= 0.3 is 0 Å². The van der Waals surface area contributed by atoms with Crippen LogP contribution >= 0.6 is 0 Å². The van der Waals surface area contributed by atoms with Gasteiger partial charge in [0.15, 0.2) is 5.03 Å². The third-order valence-electron chi connectivity index (χ3n) is 6.56. The maximum Gasteiger partial charge on any atom is 0.201 e. The van der Waals surface area contributed by atoms with E-state index in [9.17, 15) is 8.42 Å². The Balaban J connectivity index is 1.46. The fourth-order valence-corrected chi connectivity index (χ4v) is 6.08. The van der Waals surface area contributed by atoms with Crippen molar-refractivity contribution in [1.82, 2.24) is 20.8 Å². The van der Waals surface area contributed by atoms with Crippen LogP contribution in [0.25, 0.3) is 11.0 Å². The van der Waals surface area contributed by atoms with Crippen LogP contribution in [0.2, 0.25) is 0 Å². The Morgan fingerprint density at radius 1 is 1.00 bits per heavy atom. The lowest BCUT2D eigenvalue weighted by Gasteiger charge is -2.37. The summed E-state index contributed by atoms with van der Waals surface area (Å²) in [7, 11) is -3.56. The summed E-state index contributed by atoms with van der Waals surface area (Å²) in [6, 6.07) is 15.2. The van der Waals surface area contributed by atoms with Crippen LogP contribution < -0.4 is 10.9 Å². The summed E-state index contributed by atoms with van der Waals surface area (Å²) >= 11 is 0. The van der Waals surface area contributed by atoms with E-state index < -0.39 is 9.84 Å². The Labute approximate surface area is 177 Å². The monoisotopic (exact) mass is 422 g/mol. The van der Waals surface area contributed by atoms with Crippen LogP contribution in [0.3, 0.4) is 0 Å². The van der Waals surface area contributed by atoms with Crippen molar-refractivity contribution in [1.29, 1.82) is 0 Å². The van der Waals surface area contributed by atoms with Gasteiger partial charge < -0.3 is 0 Å². The van der Waals surface area contributed by atoms with Crippen molar-refractivity contribution in [2.45, 2.75) is 54.3 Å². The topological polar surface area (TPSA) is 84.0 Å². The minimum absolute atomic E-state index is 0.0558. The number of hydrazine groups is 1. The molecule has 1 saturated heterocycles. The molecule has 2 N–H and O–H groups in total. The van der Waals surface area contributed by atoms with Crippen molar-refractivity contribution in [2.24, 2.45) is 0 Å². The van der Waals surface area contributed by atoms with Gasteiger partial charge in [-0.15, -0.1) is 0 Å². The maximum absolute atomic E-state index is 13.0. The van der Waals surface area contributed by atoms with E-state index in [1.54, 1.807) is 0 Å². The lowest BCUT2D eigenvalue weighted by molar-refractivity contribution is 0.235. The molecule has 0 bridgehead atoms. The molecule has 1 aliphatic heterocycles. The van der Waals surface area contributed by atoms with Gasteiger partial charge in [-0.05, 0) is 55.2 Å². The van der Waals surface area contributed by atoms with E-state index in [2.05, 4.69) is 26.9 Å². The number of aromatic nitrogens is 2. The molecule has 2 aromatic carbocycles. The molecule has 1 spiro atoms. The number of sulfone groups is 1. The van der Waals surface area contributed by atoms with Gasteiger partial charge in [-0.25, -0.2) is 13.4 Å².